The van der Waals surface area contributed by atoms with Crippen molar-refractivity contribution >= 4 is 12.0 Å². The molecule has 0 amide bonds. The first-order valence-electron chi connectivity index (χ1n) is 6.00. The molecule has 0 aliphatic carbocycles. The van der Waals surface area contributed by atoms with Crippen LogP contribution >= 0.6 is 0 Å². The standard InChI is InChI=1S/C14H18O6/c1-4-19-9-20-14-11(17-2)7-10(5-6-13(15)16)8-12(14)18-3/h5-8H,4,9H2,1-3H3,(H,15,16). The summed E-state index contributed by atoms with van der Waals surface area (Å²) in [5, 5.41) is 8.64. The fourth-order valence-corrected chi connectivity index (χ4v) is 1.49. The van der Waals surface area contributed by atoms with Gasteiger partial charge in [0.15, 0.2) is 18.3 Å². The fourth-order valence-electron chi connectivity index (χ4n) is 1.49. The van der Waals surface area contributed by atoms with Gasteiger partial charge < -0.3 is 24.1 Å². The zero-order valence-electron chi connectivity index (χ0n) is 11.7. The molecule has 0 aliphatic rings. The minimum atomic E-state index is -1.03. The SMILES string of the molecule is CCOCOc1c(OC)cc(C=CC(=O)O)cc1OC. The molecule has 20 heavy (non-hydrogen) atoms. The summed E-state index contributed by atoms with van der Waals surface area (Å²) in [4.78, 5) is 10.5. The van der Waals surface area contributed by atoms with Crippen molar-refractivity contribution in [3.05, 3.63) is 23.8 Å². The molecular weight excluding hydrogens is 264 g/mol. The number of hydrogen-bond acceptors (Lipinski definition) is 5. The normalized spacial score (nSPS) is 10.6. The van der Waals surface area contributed by atoms with Crippen LogP contribution in [0.3, 0.4) is 0 Å². The smallest absolute Gasteiger partial charge is 0.328 e. The van der Waals surface area contributed by atoms with Crippen molar-refractivity contribution < 1.29 is 28.8 Å². The van der Waals surface area contributed by atoms with Gasteiger partial charge in [0, 0.05) is 12.7 Å². The Morgan fingerprint density at radius 3 is 2.30 bits per heavy atom. The zero-order chi connectivity index (χ0) is 15.0. The van der Waals surface area contributed by atoms with Crippen LogP contribution < -0.4 is 14.2 Å². The van der Waals surface area contributed by atoms with Crippen molar-refractivity contribution in [2.45, 2.75) is 6.92 Å². The van der Waals surface area contributed by atoms with Gasteiger partial charge in [-0.3, -0.25) is 0 Å². The lowest BCUT2D eigenvalue weighted by Gasteiger charge is -2.15. The van der Waals surface area contributed by atoms with Crippen molar-refractivity contribution in [2.75, 3.05) is 27.6 Å². The molecule has 0 bridgehead atoms. The number of methoxy groups -OCH3 is 2. The van der Waals surface area contributed by atoms with Gasteiger partial charge in [0.1, 0.15) is 0 Å². The Kier molecular flexibility index (Phi) is 6.39. The molecule has 6 heteroatoms. The first-order valence-corrected chi connectivity index (χ1v) is 6.00. The molecule has 1 aromatic carbocycles. The van der Waals surface area contributed by atoms with Gasteiger partial charge in [-0.15, -0.1) is 0 Å². The highest BCUT2D eigenvalue weighted by Crippen LogP contribution is 2.38. The summed E-state index contributed by atoms with van der Waals surface area (Å²) in [6.07, 6.45) is 2.48. The molecule has 0 aliphatic heterocycles. The van der Waals surface area contributed by atoms with Gasteiger partial charge in [0.05, 0.1) is 14.2 Å². The maximum Gasteiger partial charge on any atom is 0.328 e. The third kappa shape index (κ3) is 4.47. The monoisotopic (exact) mass is 282 g/mol. The van der Waals surface area contributed by atoms with Crippen molar-refractivity contribution in [1.29, 1.82) is 0 Å². The largest absolute Gasteiger partial charge is 0.493 e. The van der Waals surface area contributed by atoms with E-state index in [0.29, 0.717) is 29.4 Å². The number of aliphatic carboxylic acids is 1. The molecule has 0 radical (unpaired) electrons. The summed E-state index contributed by atoms with van der Waals surface area (Å²) in [5.74, 6) is 0.263. The topological polar surface area (TPSA) is 74.2 Å². The van der Waals surface area contributed by atoms with Gasteiger partial charge in [0.2, 0.25) is 5.75 Å². The molecule has 0 saturated heterocycles. The van der Waals surface area contributed by atoms with Crippen LogP contribution in [0.5, 0.6) is 17.2 Å². The fraction of sp³-hybridized carbons (Fsp3) is 0.357. The lowest BCUT2D eigenvalue weighted by molar-refractivity contribution is -0.131. The van der Waals surface area contributed by atoms with Gasteiger partial charge in [-0.25, -0.2) is 4.79 Å². The van der Waals surface area contributed by atoms with E-state index < -0.39 is 5.97 Å². The van der Waals surface area contributed by atoms with Crippen LogP contribution in [-0.4, -0.2) is 38.7 Å². The molecule has 0 fully saturated rings. The number of carboxylic acid groups (broad SMARTS) is 1. The molecule has 0 aromatic heterocycles. The Morgan fingerprint density at radius 1 is 1.25 bits per heavy atom. The van der Waals surface area contributed by atoms with Crippen LogP contribution in [0.4, 0.5) is 0 Å². The van der Waals surface area contributed by atoms with Crippen molar-refractivity contribution in [3.63, 3.8) is 0 Å². The molecule has 0 saturated carbocycles. The van der Waals surface area contributed by atoms with Crippen LogP contribution in [0.2, 0.25) is 0 Å². The summed E-state index contributed by atoms with van der Waals surface area (Å²) in [7, 11) is 2.99. The van der Waals surface area contributed by atoms with Crippen LogP contribution in [-0.2, 0) is 9.53 Å². The van der Waals surface area contributed by atoms with E-state index in [-0.39, 0.29) is 6.79 Å². The third-order valence-corrected chi connectivity index (χ3v) is 2.39. The van der Waals surface area contributed by atoms with Crippen molar-refractivity contribution in [3.8, 4) is 17.2 Å². The van der Waals surface area contributed by atoms with Crippen LogP contribution in [0.15, 0.2) is 18.2 Å². The number of carboxylic acids is 1. The average molecular weight is 282 g/mol. The Labute approximate surface area is 117 Å². The van der Waals surface area contributed by atoms with Crippen LogP contribution in [0.1, 0.15) is 12.5 Å². The van der Waals surface area contributed by atoms with E-state index in [1.165, 1.54) is 20.3 Å². The second kappa shape index (κ2) is 8.06. The summed E-state index contributed by atoms with van der Waals surface area (Å²) in [6.45, 7) is 2.47. The van der Waals surface area contributed by atoms with Gasteiger partial charge in [-0.1, -0.05) is 0 Å². The van der Waals surface area contributed by atoms with Crippen LogP contribution in [0, 0.1) is 0 Å². The molecule has 0 unspecified atom stereocenters. The quantitative estimate of drug-likeness (QED) is 0.447. The maximum absolute atomic E-state index is 10.5. The minimum absolute atomic E-state index is 0.0769. The van der Waals surface area contributed by atoms with E-state index in [2.05, 4.69) is 0 Å². The molecule has 0 heterocycles. The number of carbonyl (C=O) groups is 1. The molecule has 0 spiro atoms. The lowest BCUT2D eigenvalue weighted by atomic mass is 10.1. The second-order valence-electron chi connectivity index (χ2n) is 3.68. The Bertz CT molecular complexity index is 456. The number of hydrogen-bond donors (Lipinski definition) is 1. The molecule has 0 atom stereocenters. The van der Waals surface area contributed by atoms with Gasteiger partial charge in [-0.2, -0.15) is 0 Å². The Morgan fingerprint density at radius 2 is 1.85 bits per heavy atom. The summed E-state index contributed by atoms with van der Waals surface area (Å²) < 4.78 is 21.0. The molecule has 6 nitrogen and oxygen atoms in total. The Balaban J connectivity index is 3.07. The predicted octanol–water partition coefficient (Wildman–Crippen LogP) is 2.17. The molecule has 1 N–H and O–H groups in total. The van der Waals surface area contributed by atoms with Gasteiger partial charge >= 0.3 is 5.97 Å². The van der Waals surface area contributed by atoms with E-state index in [1.807, 2.05) is 6.92 Å². The lowest BCUT2D eigenvalue weighted by Crippen LogP contribution is -2.05. The molecule has 110 valence electrons. The van der Waals surface area contributed by atoms with Crippen molar-refractivity contribution in [1.82, 2.24) is 0 Å². The minimum Gasteiger partial charge on any atom is -0.493 e. The van der Waals surface area contributed by atoms with Gasteiger partial charge in [-0.05, 0) is 30.7 Å². The van der Waals surface area contributed by atoms with Gasteiger partial charge in [0.25, 0.3) is 0 Å². The first kappa shape index (κ1) is 15.8. The van der Waals surface area contributed by atoms with E-state index in [0.717, 1.165) is 6.08 Å². The Hall–Kier alpha value is -2.21. The number of benzene rings is 1. The summed E-state index contributed by atoms with van der Waals surface area (Å²) in [6, 6.07) is 3.31. The first-order chi connectivity index (χ1) is 9.62. The van der Waals surface area contributed by atoms with Crippen LogP contribution in [0.25, 0.3) is 6.08 Å². The highest BCUT2D eigenvalue weighted by atomic mass is 16.7. The number of rotatable bonds is 8. The maximum atomic E-state index is 10.5. The molecular formula is C14H18O6. The molecule has 1 rings (SSSR count). The number of ether oxygens (including phenoxy) is 4. The predicted molar refractivity (Wildman–Crippen MR) is 73.3 cm³/mol. The van der Waals surface area contributed by atoms with E-state index >= 15 is 0 Å². The molecule has 1 aromatic rings. The average Bonchev–Trinajstić information content (AvgIpc) is 2.45. The van der Waals surface area contributed by atoms with E-state index in [1.54, 1.807) is 12.1 Å². The highest BCUT2D eigenvalue weighted by molar-refractivity contribution is 5.85. The third-order valence-electron chi connectivity index (χ3n) is 2.39. The van der Waals surface area contributed by atoms with Crippen molar-refractivity contribution in [2.24, 2.45) is 0 Å². The summed E-state index contributed by atoms with van der Waals surface area (Å²) in [5.41, 5.74) is 0.629. The summed E-state index contributed by atoms with van der Waals surface area (Å²) >= 11 is 0. The second-order valence-corrected chi connectivity index (χ2v) is 3.68. The van der Waals surface area contributed by atoms with E-state index in [4.69, 9.17) is 24.1 Å². The highest BCUT2D eigenvalue weighted by Gasteiger charge is 2.13. The zero-order valence-corrected chi connectivity index (χ0v) is 11.7. The van der Waals surface area contributed by atoms with E-state index in [9.17, 15) is 4.79 Å².